The van der Waals surface area contributed by atoms with E-state index in [0.29, 0.717) is 17.5 Å². The van der Waals surface area contributed by atoms with Crippen molar-refractivity contribution < 1.29 is 4.79 Å². The molecule has 3 rings (SSSR count). The molecule has 0 saturated heterocycles. The van der Waals surface area contributed by atoms with E-state index in [1.807, 2.05) is 23.6 Å². The predicted octanol–water partition coefficient (Wildman–Crippen LogP) is 2.67. The second-order valence-electron chi connectivity index (χ2n) is 4.40. The molecule has 3 heterocycles. The first-order valence-electron chi connectivity index (χ1n) is 6.53. The van der Waals surface area contributed by atoms with Crippen LogP contribution in [0.4, 0.5) is 5.82 Å². The van der Waals surface area contributed by atoms with Crippen LogP contribution >= 0.6 is 39.0 Å². The summed E-state index contributed by atoms with van der Waals surface area (Å²) in [5, 5.41) is 16.9. The van der Waals surface area contributed by atoms with Crippen molar-refractivity contribution in [3.63, 3.8) is 0 Å². The summed E-state index contributed by atoms with van der Waals surface area (Å²) in [6.07, 6.45) is 1.63. The van der Waals surface area contributed by atoms with Gasteiger partial charge in [-0.05, 0) is 49.9 Å². The highest BCUT2D eigenvalue weighted by Gasteiger charge is 2.11. The van der Waals surface area contributed by atoms with Gasteiger partial charge in [0, 0.05) is 15.5 Å². The van der Waals surface area contributed by atoms with Gasteiger partial charge in [-0.15, -0.1) is 16.4 Å². The normalized spacial score (nSPS) is 10.7. The fourth-order valence-electron chi connectivity index (χ4n) is 1.71. The minimum atomic E-state index is -0.157. The maximum atomic E-state index is 12.0. The first kappa shape index (κ1) is 16.1. The quantitative estimate of drug-likeness (QED) is 0.628. The Labute approximate surface area is 148 Å². The van der Waals surface area contributed by atoms with Crippen LogP contribution in [0.5, 0.6) is 0 Å². The number of pyridine rings is 1. The Morgan fingerprint density at radius 1 is 1.39 bits per heavy atom. The van der Waals surface area contributed by atoms with Crippen LogP contribution < -0.4 is 5.32 Å². The maximum absolute atomic E-state index is 12.0. The number of carbonyl (C=O) groups is 1. The van der Waals surface area contributed by atoms with Crippen LogP contribution in [0.15, 0.2) is 45.5 Å². The first-order chi connectivity index (χ1) is 11.2. The number of thioether (sulfide) groups is 1. The Hall–Kier alpha value is -1.78. The summed E-state index contributed by atoms with van der Waals surface area (Å²) in [5.41, 5.74) is 0. The summed E-state index contributed by atoms with van der Waals surface area (Å²) in [5.74, 6) is 0.565. The smallest absolute Gasteiger partial charge is 0.236 e. The summed E-state index contributed by atoms with van der Waals surface area (Å²) in [6, 6.07) is 7.55. The Morgan fingerprint density at radius 2 is 2.30 bits per heavy atom. The van der Waals surface area contributed by atoms with Crippen LogP contribution in [0.1, 0.15) is 4.88 Å². The van der Waals surface area contributed by atoms with E-state index in [2.05, 4.69) is 41.8 Å². The second-order valence-corrected chi connectivity index (χ2v) is 7.29. The molecule has 0 aliphatic rings. The summed E-state index contributed by atoms with van der Waals surface area (Å²) < 4.78 is 2.54. The third-order valence-corrected chi connectivity index (χ3v) is 5.00. The zero-order valence-corrected chi connectivity index (χ0v) is 14.9. The fraction of sp³-hybridized carbons (Fsp3) is 0.154. The first-order valence-corrected chi connectivity index (χ1v) is 9.19. The highest BCUT2D eigenvalue weighted by molar-refractivity contribution is 9.10. The van der Waals surface area contributed by atoms with Gasteiger partial charge in [-0.1, -0.05) is 17.8 Å². The lowest BCUT2D eigenvalue weighted by atomic mass is 10.4. The molecule has 118 valence electrons. The lowest BCUT2D eigenvalue weighted by molar-refractivity contribution is -0.113. The molecule has 10 heteroatoms. The van der Waals surface area contributed by atoms with Crippen molar-refractivity contribution in [2.75, 3.05) is 11.1 Å². The van der Waals surface area contributed by atoms with E-state index in [1.165, 1.54) is 11.8 Å². The molecule has 1 amide bonds. The summed E-state index contributed by atoms with van der Waals surface area (Å²) in [4.78, 5) is 17.2. The number of hydrogen-bond donors (Lipinski definition) is 1. The van der Waals surface area contributed by atoms with E-state index in [9.17, 15) is 4.79 Å². The molecular formula is C13H11BrN6OS2. The Morgan fingerprint density at radius 3 is 3.04 bits per heavy atom. The molecule has 3 aromatic rings. The molecule has 0 spiro atoms. The average Bonchev–Trinajstić information content (AvgIpc) is 3.20. The van der Waals surface area contributed by atoms with E-state index in [-0.39, 0.29) is 11.7 Å². The minimum absolute atomic E-state index is 0.157. The van der Waals surface area contributed by atoms with Gasteiger partial charge in [0.1, 0.15) is 5.82 Å². The SMILES string of the molecule is O=C(CSc1nnnn1Cc1cccs1)Nc1ccc(Br)cn1. The van der Waals surface area contributed by atoms with Gasteiger partial charge in [0.15, 0.2) is 0 Å². The van der Waals surface area contributed by atoms with E-state index >= 15 is 0 Å². The summed E-state index contributed by atoms with van der Waals surface area (Å²) in [7, 11) is 0. The standard InChI is InChI=1S/C13H11BrN6OS2/c14-9-3-4-11(15-6-9)16-12(21)8-23-13-17-18-19-20(13)7-10-2-1-5-22-10/h1-6H,7-8H2,(H,15,16,21). The fourth-order valence-corrected chi connectivity index (χ4v) is 3.31. The third kappa shape index (κ3) is 4.60. The van der Waals surface area contributed by atoms with Crippen molar-refractivity contribution in [1.82, 2.24) is 25.2 Å². The molecule has 1 N–H and O–H groups in total. The van der Waals surface area contributed by atoms with Gasteiger partial charge in [-0.3, -0.25) is 4.79 Å². The monoisotopic (exact) mass is 410 g/mol. The molecule has 0 fully saturated rings. The second kappa shape index (κ2) is 7.66. The molecule has 3 aromatic heterocycles. The molecule has 0 unspecified atom stereocenters. The van der Waals surface area contributed by atoms with Crippen LogP contribution in [-0.4, -0.2) is 36.9 Å². The molecule has 0 aromatic carbocycles. The van der Waals surface area contributed by atoms with Gasteiger partial charge in [-0.2, -0.15) is 0 Å². The van der Waals surface area contributed by atoms with Crippen LogP contribution in [0.25, 0.3) is 0 Å². The van der Waals surface area contributed by atoms with Crippen molar-refractivity contribution in [3.05, 3.63) is 45.2 Å². The Kier molecular flexibility index (Phi) is 5.36. The van der Waals surface area contributed by atoms with E-state index in [1.54, 1.807) is 28.3 Å². The van der Waals surface area contributed by atoms with E-state index < -0.39 is 0 Å². The molecule has 0 radical (unpaired) electrons. The lowest BCUT2D eigenvalue weighted by Gasteiger charge is -2.04. The van der Waals surface area contributed by atoms with Crippen LogP contribution in [0.2, 0.25) is 0 Å². The van der Waals surface area contributed by atoms with Crippen molar-refractivity contribution in [2.45, 2.75) is 11.7 Å². The molecular weight excluding hydrogens is 400 g/mol. The van der Waals surface area contributed by atoms with E-state index in [4.69, 9.17) is 0 Å². The average molecular weight is 411 g/mol. The number of halogens is 1. The number of thiophene rings is 1. The van der Waals surface area contributed by atoms with Crippen LogP contribution in [0.3, 0.4) is 0 Å². The zero-order valence-electron chi connectivity index (χ0n) is 11.7. The van der Waals surface area contributed by atoms with Crippen molar-refractivity contribution in [3.8, 4) is 0 Å². The van der Waals surface area contributed by atoms with Crippen molar-refractivity contribution in [1.29, 1.82) is 0 Å². The zero-order chi connectivity index (χ0) is 16.1. The summed E-state index contributed by atoms with van der Waals surface area (Å²) >= 11 is 6.23. The number of anilines is 1. The molecule has 0 atom stereocenters. The number of nitrogens with zero attached hydrogens (tertiary/aromatic N) is 5. The number of tetrazole rings is 1. The number of nitrogens with one attached hydrogen (secondary N) is 1. The molecule has 23 heavy (non-hydrogen) atoms. The predicted molar refractivity (Wildman–Crippen MR) is 92.5 cm³/mol. The van der Waals surface area contributed by atoms with Gasteiger partial charge in [0.25, 0.3) is 0 Å². The maximum Gasteiger partial charge on any atom is 0.236 e. The molecule has 0 aliphatic heterocycles. The van der Waals surface area contributed by atoms with Crippen molar-refractivity contribution >= 4 is 50.8 Å². The number of carbonyl (C=O) groups excluding carboxylic acids is 1. The molecule has 0 aliphatic carbocycles. The van der Waals surface area contributed by atoms with Crippen LogP contribution in [-0.2, 0) is 11.3 Å². The van der Waals surface area contributed by atoms with E-state index in [0.717, 1.165) is 9.35 Å². The Bertz CT molecular complexity index is 774. The van der Waals surface area contributed by atoms with Gasteiger partial charge in [-0.25, -0.2) is 9.67 Å². The molecule has 0 saturated carbocycles. The Balaban J connectivity index is 1.55. The highest BCUT2D eigenvalue weighted by atomic mass is 79.9. The highest BCUT2D eigenvalue weighted by Crippen LogP contribution is 2.17. The topological polar surface area (TPSA) is 85.6 Å². The number of hydrogen-bond acceptors (Lipinski definition) is 7. The summed E-state index contributed by atoms with van der Waals surface area (Å²) in [6.45, 7) is 0.600. The van der Waals surface area contributed by atoms with Gasteiger partial charge < -0.3 is 5.32 Å². The number of amides is 1. The largest absolute Gasteiger partial charge is 0.310 e. The minimum Gasteiger partial charge on any atom is -0.310 e. The van der Waals surface area contributed by atoms with Crippen LogP contribution in [0, 0.1) is 0 Å². The van der Waals surface area contributed by atoms with Gasteiger partial charge in [0.05, 0.1) is 12.3 Å². The third-order valence-electron chi connectivity index (χ3n) is 2.71. The molecule has 7 nitrogen and oxygen atoms in total. The van der Waals surface area contributed by atoms with Crippen molar-refractivity contribution in [2.24, 2.45) is 0 Å². The molecule has 0 bridgehead atoms. The van der Waals surface area contributed by atoms with Gasteiger partial charge >= 0.3 is 0 Å². The van der Waals surface area contributed by atoms with Gasteiger partial charge in [0.2, 0.25) is 11.1 Å². The number of aromatic nitrogens is 5. The number of rotatable bonds is 6. The lowest BCUT2D eigenvalue weighted by Crippen LogP contribution is -2.15.